The van der Waals surface area contributed by atoms with Gasteiger partial charge in [0.15, 0.2) is 0 Å². The largest absolute Gasteiger partial charge is 0.416 e. The first-order chi connectivity index (χ1) is 13.4. The van der Waals surface area contributed by atoms with Crippen LogP contribution in [-0.2, 0) is 21.0 Å². The molecule has 0 radical (unpaired) electrons. The summed E-state index contributed by atoms with van der Waals surface area (Å²) in [5.74, 6) is -0.848. The van der Waals surface area contributed by atoms with Crippen LogP contribution in [0.3, 0.4) is 0 Å². The molecule has 0 unspecified atom stereocenters. The first kappa shape index (κ1) is 22.7. The summed E-state index contributed by atoms with van der Waals surface area (Å²) in [7, 11) is -4.12. The van der Waals surface area contributed by atoms with Crippen LogP contribution >= 0.6 is 11.6 Å². The third-order valence-corrected chi connectivity index (χ3v) is 5.22. The number of sulfonamides is 1. The first-order valence-corrected chi connectivity index (χ1v) is 10.3. The number of amides is 1. The Morgan fingerprint density at radius 3 is 2.34 bits per heavy atom. The lowest BCUT2D eigenvalue weighted by atomic mass is 10.1. The van der Waals surface area contributed by atoms with Gasteiger partial charge in [-0.1, -0.05) is 41.9 Å². The van der Waals surface area contributed by atoms with Gasteiger partial charge in [0.2, 0.25) is 10.0 Å². The monoisotopic (exact) mass is 447 g/mol. The third-order valence-electron chi connectivity index (χ3n) is 3.77. The van der Waals surface area contributed by atoms with E-state index in [1.165, 1.54) is 0 Å². The lowest BCUT2D eigenvalue weighted by molar-refractivity contribution is -0.137. The van der Waals surface area contributed by atoms with Gasteiger partial charge < -0.3 is 0 Å². The molecule has 29 heavy (non-hydrogen) atoms. The average Bonchev–Trinajstić information content (AvgIpc) is 2.63. The standard InChI is InChI=1S/C18H17ClF3N3O3S/c1-12(13-6-4-3-5-7-13)23-24-17(26)11-25(29(2,27)28)16-10-14(18(20,21)22)8-9-15(16)19/h3-10H,11H2,1-2H3,(H,24,26)/b23-12-. The van der Waals surface area contributed by atoms with Crippen LogP contribution in [0.2, 0.25) is 5.02 Å². The number of nitrogens with zero attached hydrogens (tertiary/aromatic N) is 2. The van der Waals surface area contributed by atoms with E-state index in [9.17, 15) is 26.4 Å². The second kappa shape index (κ2) is 8.83. The molecule has 11 heteroatoms. The fourth-order valence-electron chi connectivity index (χ4n) is 2.32. The summed E-state index contributed by atoms with van der Waals surface area (Å²) in [4.78, 5) is 12.2. The fourth-order valence-corrected chi connectivity index (χ4v) is 3.45. The molecule has 156 valence electrons. The molecule has 0 aliphatic rings. The average molecular weight is 448 g/mol. The molecule has 1 N–H and O–H groups in total. The highest BCUT2D eigenvalue weighted by atomic mass is 35.5. The van der Waals surface area contributed by atoms with Gasteiger partial charge in [0.05, 0.1) is 28.2 Å². The van der Waals surface area contributed by atoms with Crippen molar-refractivity contribution in [3.63, 3.8) is 0 Å². The second-order valence-electron chi connectivity index (χ2n) is 6.03. The van der Waals surface area contributed by atoms with Gasteiger partial charge in [0.25, 0.3) is 5.91 Å². The first-order valence-electron chi connectivity index (χ1n) is 8.12. The molecular formula is C18H17ClF3N3O3S. The highest BCUT2D eigenvalue weighted by Gasteiger charge is 2.33. The number of carbonyl (C=O) groups excluding carboxylic acids is 1. The molecule has 6 nitrogen and oxygen atoms in total. The van der Waals surface area contributed by atoms with E-state index in [-0.39, 0.29) is 5.02 Å². The van der Waals surface area contributed by atoms with Crippen molar-refractivity contribution in [3.8, 4) is 0 Å². The van der Waals surface area contributed by atoms with E-state index in [1.54, 1.807) is 37.3 Å². The maximum Gasteiger partial charge on any atom is 0.416 e. The molecule has 0 aliphatic heterocycles. The zero-order valence-corrected chi connectivity index (χ0v) is 16.9. The zero-order chi connectivity index (χ0) is 21.8. The summed E-state index contributed by atoms with van der Waals surface area (Å²) >= 11 is 5.91. The lowest BCUT2D eigenvalue weighted by Gasteiger charge is -2.23. The van der Waals surface area contributed by atoms with Crippen LogP contribution in [0, 0.1) is 0 Å². The quantitative estimate of drug-likeness (QED) is 0.542. The van der Waals surface area contributed by atoms with Crippen LogP contribution in [0.1, 0.15) is 18.1 Å². The van der Waals surface area contributed by atoms with E-state index in [2.05, 4.69) is 10.5 Å². The highest BCUT2D eigenvalue weighted by molar-refractivity contribution is 7.92. The number of halogens is 4. The molecule has 0 fully saturated rings. The van der Waals surface area contributed by atoms with Crippen LogP contribution in [0.5, 0.6) is 0 Å². The predicted octanol–water partition coefficient (Wildman–Crippen LogP) is 3.67. The van der Waals surface area contributed by atoms with Crippen molar-refractivity contribution in [1.82, 2.24) is 5.43 Å². The minimum atomic E-state index is -4.71. The Bertz CT molecular complexity index is 1030. The van der Waals surface area contributed by atoms with Crippen molar-refractivity contribution in [3.05, 3.63) is 64.7 Å². The Labute approximate surface area is 171 Å². The van der Waals surface area contributed by atoms with Gasteiger partial charge in [-0.25, -0.2) is 13.8 Å². The van der Waals surface area contributed by atoms with Crippen molar-refractivity contribution < 1.29 is 26.4 Å². The van der Waals surface area contributed by atoms with E-state index in [4.69, 9.17) is 11.6 Å². The Morgan fingerprint density at radius 1 is 1.17 bits per heavy atom. The molecule has 1 amide bonds. The van der Waals surface area contributed by atoms with Gasteiger partial charge in [0, 0.05) is 0 Å². The topological polar surface area (TPSA) is 78.8 Å². The SMILES string of the molecule is C/C(=N/NC(=O)CN(c1cc(C(F)(F)F)ccc1Cl)S(C)(=O)=O)c1ccccc1. The lowest BCUT2D eigenvalue weighted by Crippen LogP contribution is -2.39. The van der Waals surface area contributed by atoms with Crippen LogP contribution in [0.25, 0.3) is 0 Å². The van der Waals surface area contributed by atoms with Gasteiger partial charge >= 0.3 is 6.18 Å². The number of hydrogen-bond acceptors (Lipinski definition) is 4. The van der Waals surface area contributed by atoms with Crippen molar-refractivity contribution in [2.45, 2.75) is 13.1 Å². The Morgan fingerprint density at radius 2 is 1.79 bits per heavy atom. The smallest absolute Gasteiger partial charge is 0.271 e. The molecular weight excluding hydrogens is 431 g/mol. The van der Waals surface area contributed by atoms with Crippen LogP contribution < -0.4 is 9.73 Å². The van der Waals surface area contributed by atoms with Gasteiger partial charge in [-0.2, -0.15) is 18.3 Å². The van der Waals surface area contributed by atoms with E-state index in [1.807, 2.05) is 0 Å². The fraction of sp³-hybridized carbons (Fsp3) is 0.222. The Hall–Kier alpha value is -2.59. The molecule has 0 saturated carbocycles. The van der Waals surface area contributed by atoms with Crippen LogP contribution in [0.4, 0.5) is 18.9 Å². The van der Waals surface area contributed by atoms with E-state index in [0.29, 0.717) is 16.1 Å². The second-order valence-corrected chi connectivity index (χ2v) is 8.35. The maximum absolute atomic E-state index is 13.0. The molecule has 0 atom stereocenters. The molecule has 2 aromatic carbocycles. The Kier molecular flexibility index (Phi) is 6.91. The van der Waals surface area contributed by atoms with Crippen molar-refractivity contribution in [2.75, 3.05) is 17.1 Å². The number of anilines is 1. The Balaban J connectivity index is 2.28. The molecule has 2 aromatic rings. The summed E-state index contributed by atoms with van der Waals surface area (Å²) in [6.45, 7) is 0.832. The minimum Gasteiger partial charge on any atom is -0.271 e. The molecule has 0 aliphatic carbocycles. The molecule has 0 heterocycles. The zero-order valence-electron chi connectivity index (χ0n) is 15.4. The number of hydrazone groups is 1. The van der Waals surface area contributed by atoms with Crippen molar-refractivity contribution >= 4 is 38.9 Å². The number of alkyl halides is 3. The normalized spacial score (nSPS) is 12.6. The molecule has 0 bridgehead atoms. The summed E-state index contributed by atoms with van der Waals surface area (Å²) in [5, 5.41) is 3.64. The van der Waals surface area contributed by atoms with E-state index < -0.39 is 39.9 Å². The molecule has 0 spiro atoms. The number of carbonyl (C=O) groups is 1. The van der Waals surface area contributed by atoms with Crippen molar-refractivity contribution in [2.24, 2.45) is 5.10 Å². The van der Waals surface area contributed by atoms with Gasteiger partial charge in [0.1, 0.15) is 6.54 Å². The van der Waals surface area contributed by atoms with E-state index in [0.717, 1.165) is 24.0 Å². The summed E-state index contributed by atoms with van der Waals surface area (Å²) < 4.78 is 63.7. The van der Waals surface area contributed by atoms with E-state index >= 15 is 0 Å². The van der Waals surface area contributed by atoms with Gasteiger partial charge in [-0.3, -0.25) is 9.10 Å². The minimum absolute atomic E-state index is 0.250. The summed E-state index contributed by atoms with van der Waals surface area (Å²) in [5.41, 5.74) is 1.84. The molecule has 0 saturated heterocycles. The number of rotatable bonds is 6. The maximum atomic E-state index is 13.0. The third kappa shape index (κ3) is 6.20. The van der Waals surface area contributed by atoms with Crippen LogP contribution in [-0.4, -0.2) is 32.8 Å². The summed E-state index contributed by atoms with van der Waals surface area (Å²) in [6.07, 6.45) is -3.95. The van der Waals surface area contributed by atoms with Crippen LogP contribution in [0.15, 0.2) is 53.6 Å². The molecule has 2 rings (SSSR count). The highest BCUT2D eigenvalue weighted by Crippen LogP contribution is 2.36. The van der Waals surface area contributed by atoms with Gasteiger partial charge in [-0.05, 0) is 30.7 Å². The van der Waals surface area contributed by atoms with Gasteiger partial charge in [-0.15, -0.1) is 0 Å². The number of hydrogen-bond donors (Lipinski definition) is 1. The number of benzene rings is 2. The predicted molar refractivity (Wildman–Crippen MR) is 105 cm³/mol. The number of nitrogens with one attached hydrogen (secondary N) is 1. The summed E-state index contributed by atoms with van der Waals surface area (Å²) in [6, 6.07) is 11.1. The molecule has 0 aromatic heterocycles. The van der Waals surface area contributed by atoms with Crippen molar-refractivity contribution in [1.29, 1.82) is 0 Å².